The lowest BCUT2D eigenvalue weighted by Crippen LogP contribution is -2.43. The Kier molecular flexibility index (Phi) is 5.15. The summed E-state index contributed by atoms with van der Waals surface area (Å²) in [7, 11) is 2.20. The third-order valence-electron chi connectivity index (χ3n) is 6.14. The summed E-state index contributed by atoms with van der Waals surface area (Å²) in [6, 6.07) is 11.2. The summed E-state index contributed by atoms with van der Waals surface area (Å²) in [5, 5.41) is 0. The first-order chi connectivity index (χ1) is 14.7. The SMILES string of the molecule is Cc1ncc(C2=CCc3ncc(-c4ccc(CN5CCN(C)CC5)cc4)cc32)cn1. The van der Waals surface area contributed by atoms with E-state index in [0.29, 0.717) is 0 Å². The Hall–Kier alpha value is -2.89. The second kappa shape index (κ2) is 8.09. The van der Waals surface area contributed by atoms with Crippen molar-refractivity contribution in [1.29, 1.82) is 0 Å². The summed E-state index contributed by atoms with van der Waals surface area (Å²) >= 11 is 0. The maximum absolute atomic E-state index is 4.75. The molecule has 30 heavy (non-hydrogen) atoms. The lowest BCUT2D eigenvalue weighted by molar-refractivity contribution is 0.148. The number of hydrogen-bond acceptors (Lipinski definition) is 5. The molecule has 0 amide bonds. The summed E-state index contributed by atoms with van der Waals surface area (Å²) in [4.78, 5) is 18.4. The Morgan fingerprint density at radius 1 is 0.833 bits per heavy atom. The van der Waals surface area contributed by atoms with E-state index < -0.39 is 0 Å². The van der Waals surface area contributed by atoms with E-state index in [1.807, 2.05) is 25.5 Å². The van der Waals surface area contributed by atoms with Crippen LogP contribution in [0.2, 0.25) is 0 Å². The number of nitrogens with zero attached hydrogens (tertiary/aromatic N) is 5. The van der Waals surface area contributed by atoms with Crippen LogP contribution in [-0.2, 0) is 13.0 Å². The third-order valence-corrected chi connectivity index (χ3v) is 6.14. The Morgan fingerprint density at radius 2 is 1.53 bits per heavy atom. The molecule has 1 fully saturated rings. The topological polar surface area (TPSA) is 45.2 Å². The van der Waals surface area contributed by atoms with Crippen LogP contribution in [0.1, 0.15) is 28.2 Å². The van der Waals surface area contributed by atoms with Gasteiger partial charge in [-0.15, -0.1) is 0 Å². The van der Waals surface area contributed by atoms with E-state index in [4.69, 9.17) is 4.98 Å². The summed E-state index contributed by atoms with van der Waals surface area (Å²) in [6.07, 6.45) is 8.90. The molecule has 0 atom stereocenters. The molecule has 1 saturated heterocycles. The first-order valence-electron chi connectivity index (χ1n) is 10.6. The molecule has 2 aliphatic rings. The molecule has 3 heterocycles. The zero-order chi connectivity index (χ0) is 20.5. The highest BCUT2D eigenvalue weighted by atomic mass is 15.2. The van der Waals surface area contributed by atoms with Crippen molar-refractivity contribution in [3.8, 4) is 11.1 Å². The van der Waals surface area contributed by atoms with Gasteiger partial charge < -0.3 is 4.90 Å². The van der Waals surface area contributed by atoms with E-state index in [0.717, 1.165) is 61.8 Å². The standard InChI is InChI=1S/C25H27N5/c1-18-26-15-22(16-27-18)23-7-8-25-24(23)13-21(14-28-25)20-5-3-19(4-6-20)17-30-11-9-29(2)10-12-30/h3-7,13-16H,8-12,17H2,1-2H3. The van der Waals surface area contributed by atoms with E-state index in [2.05, 4.69) is 63.2 Å². The quantitative estimate of drug-likeness (QED) is 0.673. The number of pyridine rings is 1. The van der Waals surface area contributed by atoms with Crippen LogP contribution in [0.25, 0.3) is 16.7 Å². The number of likely N-dealkylation sites (N-methyl/N-ethyl adjacent to an activating group) is 1. The molecule has 0 spiro atoms. The van der Waals surface area contributed by atoms with Crippen molar-refractivity contribution in [2.75, 3.05) is 33.2 Å². The molecule has 0 unspecified atom stereocenters. The van der Waals surface area contributed by atoms with Gasteiger partial charge in [0.2, 0.25) is 0 Å². The van der Waals surface area contributed by atoms with Crippen LogP contribution in [0.5, 0.6) is 0 Å². The van der Waals surface area contributed by atoms with Gasteiger partial charge in [-0.2, -0.15) is 0 Å². The Labute approximate surface area is 178 Å². The number of fused-ring (bicyclic) bond motifs is 1. The first kappa shape index (κ1) is 19.1. The smallest absolute Gasteiger partial charge is 0.125 e. The summed E-state index contributed by atoms with van der Waals surface area (Å²) < 4.78 is 0. The third kappa shape index (κ3) is 3.91. The monoisotopic (exact) mass is 397 g/mol. The van der Waals surface area contributed by atoms with Gasteiger partial charge in [0.05, 0.1) is 5.69 Å². The predicted octanol–water partition coefficient (Wildman–Crippen LogP) is 3.58. The van der Waals surface area contributed by atoms with Crippen molar-refractivity contribution < 1.29 is 0 Å². The highest BCUT2D eigenvalue weighted by molar-refractivity contribution is 5.85. The fourth-order valence-electron chi connectivity index (χ4n) is 4.23. The summed E-state index contributed by atoms with van der Waals surface area (Å²) in [6.45, 7) is 7.53. The van der Waals surface area contributed by atoms with Crippen molar-refractivity contribution in [2.45, 2.75) is 19.9 Å². The van der Waals surface area contributed by atoms with Crippen LogP contribution < -0.4 is 0 Å². The van der Waals surface area contributed by atoms with Gasteiger partial charge in [-0.3, -0.25) is 9.88 Å². The van der Waals surface area contributed by atoms with Crippen LogP contribution in [0.15, 0.2) is 55.0 Å². The van der Waals surface area contributed by atoms with Crippen LogP contribution in [-0.4, -0.2) is 58.0 Å². The fraction of sp³-hybridized carbons (Fsp3) is 0.320. The Balaban J connectivity index is 1.35. The number of allylic oxidation sites excluding steroid dienone is 1. The van der Waals surface area contributed by atoms with Gasteiger partial charge in [0.25, 0.3) is 0 Å². The number of piperazine rings is 1. The van der Waals surface area contributed by atoms with Gasteiger partial charge in [-0.25, -0.2) is 9.97 Å². The summed E-state index contributed by atoms with van der Waals surface area (Å²) in [5.41, 5.74) is 8.30. The molecule has 5 nitrogen and oxygen atoms in total. The van der Waals surface area contributed by atoms with Crippen LogP contribution >= 0.6 is 0 Å². The van der Waals surface area contributed by atoms with Crippen LogP contribution in [0, 0.1) is 6.92 Å². The van der Waals surface area contributed by atoms with E-state index in [1.54, 1.807) is 0 Å². The van der Waals surface area contributed by atoms with E-state index in [-0.39, 0.29) is 0 Å². The first-order valence-corrected chi connectivity index (χ1v) is 10.6. The minimum Gasteiger partial charge on any atom is -0.304 e. The minimum absolute atomic E-state index is 0.793. The normalized spacial score (nSPS) is 17.1. The lowest BCUT2D eigenvalue weighted by atomic mass is 9.99. The van der Waals surface area contributed by atoms with Gasteiger partial charge in [-0.05, 0) is 36.7 Å². The molecule has 5 rings (SSSR count). The van der Waals surface area contributed by atoms with Crippen molar-refractivity contribution >= 4 is 5.57 Å². The molecule has 0 radical (unpaired) electrons. The predicted molar refractivity (Wildman–Crippen MR) is 120 cm³/mol. The Bertz CT molecular complexity index is 1060. The highest BCUT2D eigenvalue weighted by Crippen LogP contribution is 2.34. The second-order valence-electron chi connectivity index (χ2n) is 8.34. The molecule has 1 aromatic carbocycles. The fourth-order valence-corrected chi connectivity index (χ4v) is 4.23. The molecular weight excluding hydrogens is 370 g/mol. The average Bonchev–Trinajstić information content (AvgIpc) is 3.20. The molecule has 5 heteroatoms. The van der Waals surface area contributed by atoms with Gasteiger partial charge in [0.1, 0.15) is 5.82 Å². The number of benzene rings is 1. The maximum Gasteiger partial charge on any atom is 0.125 e. The van der Waals surface area contributed by atoms with Gasteiger partial charge in [-0.1, -0.05) is 30.3 Å². The maximum atomic E-state index is 4.75. The van der Waals surface area contributed by atoms with Crippen molar-refractivity contribution in [3.63, 3.8) is 0 Å². The molecule has 1 aliphatic carbocycles. The number of aryl methyl sites for hydroxylation is 1. The molecule has 152 valence electrons. The molecule has 0 saturated carbocycles. The minimum atomic E-state index is 0.793. The number of aromatic nitrogens is 3. The number of rotatable bonds is 4. The number of hydrogen-bond donors (Lipinski definition) is 0. The van der Waals surface area contributed by atoms with Crippen molar-refractivity contribution in [3.05, 3.63) is 83.2 Å². The van der Waals surface area contributed by atoms with Gasteiger partial charge >= 0.3 is 0 Å². The molecule has 2 aromatic heterocycles. The molecule has 3 aromatic rings. The Morgan fingerprint density at radius 3 is 2.27 bits per heavy atom. The lowest BCUT2D eigenvalue weighted by Gasteiger charge is -2.32. The zero-order valence-electron chi connectivity index (χ0n) is 17.7. The van der Waals surface area contributed by atoms with E-state index >= 15 is 0 Å². The molecular formula is C25H27N5. The molecule has 0 bridgehead atoms. The summed E-state index contributed by atoms with van der Waals surface area (Å²) in [5.74, 6) is 0.793. The van der Waals surface area contributed by atoms with Crippen molar-refractivity contribution in [2.24, 2.45) is 0 Å². The highest BCUT2D eigenvalue weighted by Gasteiger charge is 2.19. The second-order valence-corrected chi connectivity index (χ2v) is 8.34. The average molecular weight is 398 g/mol. The van der Waals surface area contributed by atoms with Crippen LogP contribution in [0.4, 0.5) is 0 Å². The zero-order valence-corrected chi connectivity index (χ0v) is 17.7. The van der Waals surface area contributed by atoms with Gasteiger partial charge in [0.15, 0.2) is 0 Å². The molecule has 1 aliphatic heterocycles. The van der Waals surface area contributed by atoms with Gasteiger partial charge in [0, 0.05) is 74.4 Å². The van der Waals surface area contributed by atoms with Crippen LogP contribution in [0.3, 0.4) is 0 Å². The van der Waals surface area contributed by atoms with E-state index in [9.17, 15) is 0 Å². The largest absolute Gasteiger partial charge is 0.304 e. The van der Waals surface area contributed by atoms with E-state index in [1.165, 1.54) is 22.3 Å². The van der Waals surface area contributed by atoms with Crippen molar-refractivity contribution in [1.82, 2.24) is 24.8 Å². The molecule has 0 N–H and O–H groups in total.